The van der Waals surface area contributed by atoms with Gasteiger partial charge in [-0.1, -0.05) is 0 Å². The van der Waals surface area contributed by atoms with Crippen LogP contribution in [0.25, 0.3) is 0 Å². The minimum absolute atomic E-state index is 0.260. The van der Waals surface area contributed by atoms with E-state index in [4.69, 9.17) is 18.9 Å². The molecule has 3 rings (SSSR count). The monoisotopic (exact) mass is 284 g/mol. The van der Waals surface area contributed by atoms with Crippen LogP contribution >= 0.6 is 0 Å². The summed E-state index contributed by atoms with van der Waals surface area (Å²) < 4.78 is 25.4. The second kappa shape index (κ2) is 3.43. The van der Waals surface area contributed by atoms with Gasteiger partial charge in [-0.15, -0.1) is 0 Å². The van der Waals surface area contributed by atoms with Gasteiger partial charge < -0.3 is 18.9 Å². The topological polar surface area (TPSA) is 36.9 Å². The lowest BCUT2D eigenvalue weighted by Crippen LogP contribution is -2.69. The molecule has 3 aliphatic heterocycles. The minimum Gasteiger partial charge on any atom is -0.358 e. The van der Waals surface area contributed by atoms with Gasteiger partial charge >= 0.3 is 0 Å². The molecule has 0 aromatic heterocycles. The highest BCUT2D eigenvalue weighted by atomic mass is 16.8. The van der Waals surface area contributed by atoms with Crippen molar-refractivity contribution in [3.63, 3.8) is 0 Å². The highest BCUT2D eigenvalue weighted by Gasteiger charge is 2.73. The van der Waals surface area contributed by atoms with E-state index in [9.17, 15) is 0 Å². The number of hydrogen-bond donors (Lipinski definition) is 0. The fourth-order valence-corrected chi connectivity index (χ4v) is 4.67. The second-order valence-electron chi connectivity index (χ2n) is 8.63. The van der Waals surface area contributed by atoms with Gasteiger partial charge in [0.05, 0.1) is 11.2 Å². The Morgan fingerprint density at radius 3 is 1.20 bits per heavy atom. The molecule has 4 heteroatoms. The average Bonchev–Trinajstić information content (AvgIpc) is 2.35. The normalized spacial score (nSPS) is 56.4. The van der Waals surface area contributed by atoms with E-state index in [1.54, 1.807) is 0 Å². The fourth-order valence-electron chi connectivity index (χ4n) is 4.67. The van der Waals surface area contributed by atoms with E-state index in [0.717, 1.165) is 12.8 Å². The molecule has 4 nitrogen and oxygen atoms in total. The Hall–Kier alpha value is -0.160. The van der Waals surface area contributed by atoms with Crippen LogP contribution in [0.2, 0.25) is 0 Å². The maximum atomic E-state index is 6.61. The summed E-state index contributed by atoms with van der Waals surface area (Å²) in [6, 6.07) is 0. The maximum absolute atomic E-state index is 6.61. The van der Waals surface area contributed by atoms with E-state index in [0.29, 0.717) is 0 Å². The summed E-state index contributed by atoms with van der Waals surface area (Å²) >= 11 is 0. The van der Waals surface area contributed by atoms with Crippen LogP contribution in [0.4, 0.5) is 0 Å². The third kappa shape index (κ3) is 1.75. The molecule has 0 N–H and O–H groups in total. The van der Waals surface area contributed by atoms with Crippen molar-refractivity contribution in [2.24, 2.45) is 0 Å². The Bertz CT molecular complexity index is 381. The van der Waals surface area contributed by atoms with E-state index < -0.39 is 22.8 Å². The SMILES string of the molecule is CC1(C)C[C@@]2(C)O[C@@]3(C)CC(C)(C)O[C@]3(C)O[C@]2(C)O1. The molecule has 0 aliphatic carbocycles. The van der Waals surface area contributed by atoms with Crippen LogP contribution in [0.3, 0.4) is 0 Å². The van der Waals surface area contributed by atoms with E-state index in [2.05, 4.69) is 41.5 Å². The number of ether oxygens (including phenoxy) is 4. The number of hydrogen-bond acceptors (Lipinski definition) is 4. The zero-order valence-corrected chi connectivity index (χ0v) is 14.0. The molecule has 0 aromatic rings. The first-order chi connectivity index (χ1) is 8.74. The van der Waals surface area contributed by atoms with Crippen molar-refractivity contribution in [3.8, 4) is 0 Å². The Kier molecular flexibility index (Phi) is 2.53. The zero-order chi connectivity index (χ0) is 15.2. The molecule has 3 heterocycles. The highest BCUT2D eigenvalue weighted by molar-refractivity contribution is 5.14. The second-order valence-corrected chi connectivity index (χ2v) is 8.63. The molecular formula is C16H28O4. The van der Waals surface area contributed by atoms with Crippen LogP contribution in [-0.2, 0) is 18.9 Å². The van der Waals surface area contributed by atoms with Crippen molar-refractivity contribution in [1.29, 1.82) is 0 Å². The Morgan fingerprint density at radius 1 is 0.500 bits per heavy atom. The average molecular weight is 284 g/mol. The van der Waals surface area contributed by atoms with Crippen molar-refractivity contribution >= 4 is 0 Å². The van der Waals surface area contributed by atoms with Crippen LogP contribution in [0.1, 0.15) is 68.2 Å². The first-order valence-electron chi connectivity index (χ1n) is 7.55. The molecule has 0 spiro atoms. The van der Waals surface area contributed by atoms with Crippen molar-refractivity contribution in [1.82, 2.24) is 0 Å². The van der Waals surface area contributed by atoms with E-state index in [1.807, 2.05) is 13.8 Å². The van der Waals surface area contributed by atoms with Crippen molar-refractivity contribution < 1.29 is 18.9 Å². The zero-order valence-electron chi connectivity index (χ0n) is 14.0. The third-order valence-corrected chi connectivity index (χ3v) is 5.23. The summed E-state index contributed by atoms with van der Waals surface area (Å²) in [5.41, 5.74) is -1.45. The molecule has 0 amide bonds. The Morgan fingerprint density at radius 2 is 0.850 bits per heavy atom. The van der Waals surface area contributed by atoms with Gasteiger partial charge in [0.2, 0.25) is 0 Å². The molecule has 4 atom stereocenters. The Balaban J connectivity index is 2.04. The highest BCUT2D eigenvalue weighted by Crippen LogP contribution is 2.61. The first kappa shape index (κ1) is 14.8. The van der Waals surface area contributed by atoms with Gasteiger partial charge in [0, 0.05) is 12.8 Å². The number of rotatable bonds is 0. The van der Waals surface area contributed by atoms with E-state index in [1.165, 1.54) is 0 Å². The molecule has 3 fully saturated rings. The molecule has 0 radical (unpaired) electrons. The van der Waals surface area contributed by atoms with Crippen molar-refractivity contribution in [2.75, 3.05) is 0 Å². The predicted octanol–water partition coefficient (Wildman–Crippen LogP) is 3.38. The van der Waals surface area contributed by atoms with Crippen LogP contribution in [0.15, 0.2) is 0 Å². The summed E-state index contributed by atoms with van der Waals surface area (Å²) in [6.45, 7) is 16.5. The van der Waals surface area contributed by atoms with Crippen molar-refractivity contribution in [2.45, 2.75) is 102 Å². The van der Waals surface area contributed by atoms with Gasteiger partial charge in [-0.25, -0.2) is 0 Å². The summed E-state index contributed by atoms with van der Waals surface area (Å²) in [6.07, 6.45) is 1.62. The molecule has 3 aliphatic rings. The van der Waals surface area contributed by atoms with Crippen LogP contribution in [0, 0.1) is 0 Å². The first-order valence-corrected chi connectivity index (χ1v) is 7.55. The lowest BCUT2D eigenvalue weighted by molar-refractivity contribution is -0.459. The van der Waals surface area contributed by atoms with Gasteiger partial charge in [0.1, 0.15) is 11.2 Å². The summed E-state index contributed by atoms with van der Waals surface area (Å²) in [4.78, 5) is 0. The summed E-state index contributed by atoms with van der Waals surface area (Å²) in [7, 11) is 0. The van der Waals surface area contributed by atoms with E-state index in [-0.39, 0.29) is 11.2 Å². The summed E-state index contributed by atoms with van der Waals surface area (Å²) in [5, 5.41) is 0. The molecule has 0 saturated carbocycles. The minimum atomic E-state index is -0.787. The molecular weight excluding hydrogens is 256 g/mol. The quantitative estimate of drug-likeness (QED) is 0.683. The van der Waals surface area contributed by atoms with Gasteiger partial charge in [-0.2, -0.15) is 0 Å². The van der Waals surface area contributed by atoms with Gasteiger partial charge in [-0.3, -0.25) is 0 Å². The largest absolute Gasteiger partial charge is 0.358 e. The molecule has 116 valence electrons. The van der Waals surface area contributed by atoms with Crippen LogP contribution in [-0.4, -0.2) is 34.0 Å². The lowest BCUT2D eigenvalue weighted by atomic mass is 9.82. The molecule has 20 heavy (non-hydrogen) atoms. The van der Waals surface area contributed by atoms with Gasteiger partial charge in [-0.05, 0) is 55.4 Å². The van der Waals surface area contributed by atoms with Crippen molar-refractivity contribution in [3.05, 3.63) is 0 Å². The number of fused-ring (bicyclic) bond motifs is 2. The molecule has 0 unspecified atom stereocenters. The van der Waals surface area contributed by atoms with Crippen LogP contribution in [0.5, 0.6) is 0 Å². The third-order valence-electron chi connectivity index (χ3n) is 5.23. The summed E-state index contributed by atoms with van der Waals surface area (Å²) in [5.74, 6) is -1.57. The predicted molar refractivity (Wildman–Crippen MR) is 75.4 cm³/mol. The van der Waals surface area contributed by atoms with Gasteiger partial charge in [0.15, 0.2) is 11.6 Å². The van der Waals surface area contributed by atoms with Gasteiger partial charge in [0.25, 0.3) is 0 Å². The lowest BCUT2D eigenvalue weighted by Gasteiger charge is -2.56. The fraction of sp³-hybridized carbons (Fsp3) is 1.00. The van der Waals surface area contributed by atoms with E-state index >= 15 is 0 Å². The molecule has 0 aromatic carbocycles. The Labute approximate surface area is 122 Å². The standard InChI is InChI=1S/C16H28O4/c1-11(2)9-13(5)15(7,17-11)20-16(8)14(6,19-13)10-12(3,4)18-16/h9-10H2,1-8H3/t13-,14+,15+,16-. The van der Waals surface area contributed by atoms with Crippen LogP contribution < -0.4 is 0 Å². The molecule has 0 bridgehead atoms. The maximum Gasteiger partial charge on any atom is 0.198 e. The molecule has 3 saturated heterocycles. The smallest absolute Gasteiger partial charge is 0.198 e.